The number of nitrogens with one attached hydrogen (secondary N) is 1. The summed E-state index contributed by atoms with van der Waals surface area (Å²) in [6, 6.07) is 10.9. The van der Waals surface area contributed by atoms with Gasteiger partial charge in [0.2, 0.25) is 5.91 Å². The van der Waals surface area contributed by atoms with E-state index in [1.54, 1.807) is 25.1 Å². The smallest absolute Gasteiger partial charge is 0.230 e. The lowest BCUT2D eigenvalue weighted by atomic mass is 9.94. The molecule has 1 aliphatic carbocycles. The number of carbonyl (C=O) groups excluding carboxylic acids is 1. The standard InChI is InChI=1S/C18H20ClNO3/c1-12-6-7-15(23-12)17(2,22)11-20-16(21)18(8-9-18)13-4-3-5-14(19)10-13/h3-7,10,22H,8-9,11H2,1-2H3,(H,20,21). The van der Waals surface area contributed by atoms with Crippen molar-refractivity contribution in [1.82, 2.24) is 5.32 Å². The van der Waals surface area contributed by atoms with Gasteiger partial charge in [0.15, 0.2) is 0 Å². The highest BCUT2D eigenvalue weighted by Gasteiger charge is 2.51. The summed E-state index contributed by atoms with van der Waals surface area (Å²) < 4.78 is 5.46. The summed E-state index contributed by atoms with van der Waals surface area (Å²) in [6.45, 7) is 3.54. The molecule has 1 amide bonds. The minimum Gasteiger partial charge on any atom is -0.463 e. The van der Waals surface area contributed by atoms with Crippen molar-refractivity contribution in [3.05, 3.63) is 58.5 Å². The molecule has 1 saturated carbocycles. The van der Waals surface area contributed by atoms with E-state index in [4.69, 9.17) is 16.0 Å². The molecule has 0 aliphatic heterocycles. The van der Waals surface area contributed by atoms with Gasteiger partial charge >= 0.3 is 0 Å². The van der Waals surface area contributed by atoms with Crippen LogP contribution in [0.5, 0.6) is 0 Å². The number of halogens is 1. The Morgan fingerprint density at radius 1 is 1.39 bits per heavy atom. The number of hydrogen-bond acceptors (Lipinski definition) is 3. The summed E-state index contributed by atoms with van der Waals surface area (Å²) in [5, 5.41) is 14.0. The minimum absolute atomic E-state index is 0.0803. The topological polar surface area (TPSA) is 62.5 Å². The number of carbonyl (C=O) groups is 1. The fourth-order valence-corrected chi connectivity index (χ4v) is 2.98. The van der Waals surface area contributed by atoms with Crippen LogP contribution in [0.4, 0.5) is 0 Å². The Labute approximate surface area is 140 Å². The monoisotopic (exact) mass is 333 g/mol. The van der Waals surface area contributed by atoms with Crippen LogP contribution in [0.15, 0.2) is 40.8 Å². The van der Waals surface area contributed by atoms with Crippen LogP contribution in [0.25, 0.3) is 0 Å². The Balaban J connectivity index is 1.70. The zero-order chi connectivity index (χ0) is 16.7. The first-order chi connectivity index (χ1) is 10.8. The highest BCUT2D eigenvalue weighted by Crippen LogP contribution is 2.48. The molecule has 1 aromatic heterocycles. The third-order valence-corrected chi connectivity index (χ3v) is 4.66. The van der Waals surface area contributed by atoms with Gasteiger partial charge in [-0.25, -0.2) is 0 Å². The summed E-state index contributed by atoms with van der Waals surface area (Å²) in [5.74, 6) is 1.09. The summed E-state index contributed by atoms with van der Waals surface area (Å²) in [6.07, 6.45) is 1.59. The molecule has 2 aromatic rings. The number of benzene rings is 1. The highest BCUT2D eigenvalue weighted by atomic mass is 35.5. The molecule has 1 aromatic carbocycles. The normalized spacial score (nSPS) is 18.3. The molecule has 3 rings (SSSR count). The molecule has 4 nitrogen and oxygen atoms in total. The number of aryl methyl sites for hydroxylation is 1. The molecule has 122 valence electrons. The molecule has 23 heavy (non-hydrogen) atoms. The first-order valence-electron chi connectivity index (χ1n) is 7.67. The third-order valence-electron chi connectivity index (χ3n) is 4.43. The van der Waals surface area contributed by atoms with Crippen molar-refractivity contribution < 1.29 is 14.3 Å². The molecule has 0 radical (unpaired) electrons. The largest absolute Gasteiger partial charge is 0.463 e. The van der Waals surface area contributed by atoms with Crippen molar-refractivity contribution in [3.63, 3.8) is 0 Å². The molecule has 1 unspecified atom stereocenters. The third kappa shape index (κ3) is 3.14. The van der Waals surface area contributed by atoms with E-state index in [2.05, 4.69) is 5.32 Å². The lowest BCUT2D eigenvalue weighted by Crippen LogP contribution is -2.43. The van der Waals surface area contributed by atoms with Crippen molar-refractivity contribution >= 4 is 17.5 Å². The van der Waals surface area contributed by atoms with Crippen molar-refractivity contribution in [2.45, 2.75) is 37.7 Å². The molecular formula is C18H20ClNO3. The van der Waals surface area contributed by atoms with Gasteiger partial charge in [-0.05, 0) is 56.5 Å². The van der Waals surface area contributed by atoms with Gasteiger partial charge in [0.05, 0.1) is 12.0 Å². The summed E-state index contributed by atoms with van der Waals surface area (Å²) in [5.41, 5.74) is -0.829. The van der Waals surface area contributed by atoms with Gasteiger partial charge in [-0.3, -0.25) is 4.79 Å². The molecule has 1 fully saturated rings. The summed E-state index contributed by atoms with van der Waals surface area (Å²) >= 11 is 6.03. The summed E-state index contributed by atoms with van der Waals surface area (Å²) in [4.78, 5) is 12.6. The van der Waals surface area contributed by atoms with Crippen LogP contribution in [-0.4, -0.2) is 17.6 Å². The van der Waals surface area contributed by atoms with E-state index in [0.29, 0.717) is 10.8 Å². The van der Waals surface area contributed by atoms with Gasteiger partial charge in [-0.2, -0.15) is 0 Å². The van der Waals surface area contributed by atoms with E-state index in [-0.39, 0.29) is 12.5 Å². The second-order valence-corrected chi connectivity index (χ2v) is 6.90. The van der Waals surface area contributed by atoms with E-state index in [0.717, 1.165) is 24.2 Å². The van der Waals surface area contributed by atoms with Gasteiger partial charge in [0.25, 0.3) is 0 Å². The van der Waals surface area contributed by atoms with Gasteiger partial charge in [-0.1, -0.05) is 23.7 Å². The van der Waals surface area contributed by atoms with Crippen LogP contribution in [0.3, 0.4) is 0 Å². The fourth-order valence-electron chi connectivity index (χ4n) is 2.79. The Bertz CT molecular complexity index is 731. The Morgan fingerprint density at radius 3 is 2.70 bits per heavy atom. The second-order valence-electron chi connectivity index (χ2n) is 6.46. The quantitative estimate of drug-likeness (QED) is 0.882. The number of amides is 1. The maximum absolute atomic E-state index is 12.6. The van der Waals surface area contributed by atoms with E-state index in [9.17, 15) is 9.90 Å². The molecule has 1 aliphatic rings. The van der Waals surface area contributed by atoms with Gasteiger partial charge < -0.3 is 14.8 Å². The van der Waals surface area contributed by atoms with Gasteiger partial charge in [-0.15, -0.1) is 0 Å². The molecule has 1 atom stereocenters. The van der Waals surface area contributed by atoms with Crippen LogP contribution in [-0.2, 0) is 15.8 Å². The van der Waals surface area contributed by atoms with E-state index >= 15 is 0 Å². The first kappa shape index (κ1) is 16.1. The van der Waals surface area contributed by atoms with Crippen LogP contribution in [0.1, 0.15) is 36.8 Å². The molecule has 5 heteroatoms. The lowest BCUT2D eigenvalue weighted by molar-refractivity contribution is -0.125. The molecule has 0 spiro atoms. The molecule has 2 N–H and O–H groups in total. The van der Waals surface area contributed by atoms with Gasteiger partial charge in [0, 0.05) is 5.02 Å². The number of rotatable bonds is 5. The Kier molecular flexibility index (Phi) is 3.98. The van der Waals surface area contributed by atoms with Crippen LogP contribution in [0.2, 0.25) is 5.02 Å². The summed E-state index contributed by atoms with van der Waals surface area (Å²) in [7, 11) is 0. The van der Waals surface area contributed by atoms with Crippen molar-refractivity contribution in [1.29, 1.82) is 0 Å². The molecule has 0 saturated heterocycles. The lowest BCUT2D eigenvalue weighted by Gasteiger charge is -2.23. The fraction of sp³-hybridized carbons (Fsp3) is 0.389. The van der Waals surface area contributed by atoms with Crippen LogP contribution >= 0.6 is 11.6 Å². The number of aliphatic hydroxyl groups is 1. The van der Waals surface area contributed by atoms with Gasteiger partial charge in [0.1, 0.15) is 17.1 Å². The first-order valence-corrected chi connectivity index (χ1v) is 8.05. The van der Waals surface area contributed by atoms with Crippen LogP contribution in [0, 0.1) is 6.92 Å². The zero-order valence-electron chi connectivity index (χ0n) is 13.2. The van der Waals surface area contributed by atoms with Crippen LogP contribution < -0.4 is 5.32 Å². The minimum atomic E-state index is -1.24. The van der Waals surface area contributed by atoms with Crippen molar-refractivity contribution in [2.24, 2.45) is 0 Å². The van der Waals surface area contributed by atoms with E-state index in [1.807, 2.05) is 25.1 Å². The molecule has 0 bridgehead atoms. The Morgan fingerprint density at radius 2 is 2.13 bits per heavy atom. The molecular weight excluding hydrogens is 314 g/mol. The maximum atomic E-state index is 12.6. The second kappa shape index (κ2) is 5.69. The Hall–Kier alpha value is -1.78. The average Bonchev–Trinajstić information content (AvgIpc) is 3.20. The average molecular weight is 334 g/mol. The maximum Gasteiger partial charge on any atom is 0.230 e. The number of furan rings is 1. The van der Waals surface area contributed by atoms with E-state index in [1.165, 1.54) is 0 Å². The predicted molar refractivity (Wildman–Crippen MR) is 88.4 cm³/mol. The van der Waals surface area contributed by atoms with E-state index < -0.39 is 11.0 Å². The number of hydrogen-bond donors (Lipinski definition) is 2. The molecule has 1 heterocycles. The SMILES string of the molecule is Cc1ccc(C(C)(O)CNC(=O)C2(c3cccc(Cl)c3)CC2)o1. The van der Waals surface area contributed by atoms with Crippen molar-refractivity contribution in [3.8, 4) is 0 Å². The highest BCUT2D eigenvalue weighted by molar-refractivity contribution is 6.30. The van der Waals surface area contributed by atoms with Crippen molar-refractivity contribution in [2.75, 3.05) is 6.54 Å². The zero-order valence-corrected chi connectivity index (χ0v) is 14.0. The predicted octanol–water partition coefficient (Wildman–Crippen LogP) is 3.30.